The Morgan fingerprint density at radius 2 is 2.11 bits per heavy atom. The van der Waals surface area contributed by atoms with Crippen LogP contribution in [-0.4, -0.2) is 44.3 Å². The molecule has 0 saturated carbocycles. The number of hydrogen-bond donors (Lipinski definition) is 1. The van der Waals surface area contributed by atoms with E-state index in [4.69, 9.17) is 0 Å². The number of fused-ring (bicyclic) bond motifs is 1. The Balaban J connectivity index is 1.64. The van der Waals surface area contributed by atoms with E-state index in [0.29, 0.717) is 30.0 Å². The van der Waals surface area contributed by atoms with Gasteiger partial charge in [0.25, 0.3) is 5.91 Å². The van der Waals surface area contributed by atoms with Crippen molar-refractivity contribution < 1.29 is 18.0 Å². The number of likely N-dealkylation sites (tertiary alicyclic amines) is 1. The Bertz CT molecular complexity index is 877. The number of pyridine rings is 1. The highest BCUT2D eigenvalue weighted by Crippen LogP contribution is 2.41. The fourth-order valence-electron chi connectivity index (χ4n) is 4.02. The molecule has 1 fully saturated rings. The number of alkyl halides is 3. The lowest BCUT2D eigenvalue weighted by atomic mass is 10.1. The lowest BCUT2D eigenvalue weighted by Gasteiger charge is -2.31. The molecule has 2 aliphatic heterocycles. The van der Waals surface area contributed by atoms with Crippen molar-refractivity contribution in [2.24, 2.45) is 0 Å². The van der Waals surface area contributed by atoms with Gasteiger partial charge in [0.1, 0.15) is 5.82 Å². The average Bonchev–Trinajstić information content (AvgIpc) is 3.26. The van der Waals surface area contributed by atoms with Crippen LogP contribution in [0, 0.1) is 6.92 Å². The summed E-state index contributed by atoms with van der Waals surface area (Å²) in [5.41, 5.74) is 1.79. The summed E-state index contributed by atoms with van der Waals surface area (Å²) in [5, 5.41) is 7.35. The number of aromatic nitrogens is 3. The van der Waals surface area contributed by atoms with Gasteiger partial charge in [-0.05, 0) is 45.2 Å². The van der Waals surface area contributed by atoms with Crippen molar-refractivity contribution >= 4 is 11.7 Å². The van der Waals surface area contributed by atoms with Gasteiger partial charge in [-0.15, -0.1) is 0 Å². The Morgan fingerprint density at radius 3 is 2.79 bits per heavy atom. The van der Waals surface area contributed by atoms with Gasteiger partial charge in [0.15, 0.2) is 6.04 Å². The van der Waals surface area contributed by atoms with Crippen LogP contribution in [0.2, 0.25) is 0 Å². The number of nitrogens with zero attached hydrogens (tertiary/aromatic N) is 4. The third-order valence-corrected chi connectivity index (χ3v) is 5.41. The first-order chi connectivity index (χ1) is 13.2. The number of hydrogen-bond acceptors (Lipinski definition) is 4. The summed E-state index contributed by atoms with van der Waals surface area (Å²) in [6.45, 7) is 4.12. The highest BCUT2D eigenvalue weighted by Gasteiger charge is 2.46. The number of carbonyl (C=O) groups is 1. The summed E-state index contributed by atoms with van der Waals surface area (Å²) in [7, 11) is 0. The van der Waals surface area contributed by atoms with Crippen molar-refractivity contribution in [3.8, 4) is 0 Å². The van der Waals surface area contributed by atoms with Crippen LogP contribution in [0.15, 0.2) is 24.4 Å². The highest BCUT2D eigenvalue weighted by atomic mass is 19.4. The van der Waals surface area contributed by atoms with Crippen LogP contribution in [-0.2, 0) is 0 Å². The molecule has 0 radical (unpaired) electrons. The third-order valence-electron chi connectivity index (χ3n) is 5.41. The molecule has 6 nitrogen and oxygen atoms in total. The number of anilines is 1. The van der Waals surface area contributed by atoms with Crippen molar-refractivity contribution in [1.29, 1.82) is 0 Å². The van der Waals surface area contributed by atoms with E-state index in [0.717, 1.165) is 16.8 Å². The monoisotopic (exact) mass is 393 g/mol. The van der Waals surface area contributed by atoms with E-state index >= 15 is 0 Å². The van der Waals surface area contributed by atoms with Crippen LogP contribution in [0.5, 0.6) is 0 Å². The summed E-state index contributed by atoms with van der Waals surface area (Å²) < 4.78 is 41.5. The SMILES string of the molecule is Cc1ccc(C(=O)N2CCCC2c2cc3n(n2)[C@@H](C(F)(F)F)C[C@@H](C)N3)cn1. The number of rotatable bonds is 2. The summed E-state index contributed by atoms with van der Waals surface area (Å²) in [5.74, 6) is 0.182. The van der Waals surface area contributed by atoms with Crippen LogP contribution in [0.1, 0.15) is 60.0 Å². The molecule has 1 amide bonds. The Kier molecular flexibility index (Phi) is 4.55. The van der Waals surface area contributed by atoms with Crippen molar-refractivity contribution in [2.45, 2.75) is 57.4 Å². The second-order valence-corrected chi connectivity index (χ2v) is 7.58. The highest BCUT2D eigenvalue weighted by molar-refractivity contribution is 5.94. The van der Waals surface area contributed by atoms with Crippen LogP contribution in [0.3, 0.4) is 0 Å². The van der Waals surface area contributed by atoms with E-state index < -0.39 is 12.2 Å². The summed E-state index contributed by atoms with van der Waals surface area (Å²) in [4.78, 5) is 18.8. The Hall–Kier alpha value is -2.58. The molecule has 1 N–H and O–H groups in total. The molecule has 0 spiro atoms. The zero-order valence-electron chi connectivity index (χ0n) is 15.7. The molecular formula is C19H22F3N5O. The number of amides is 1. The van der Waals surface area contributed by atoms with E-state index in [-0.39, 0.29) is 24.4 Å². The number of aryl methyl sites for hydroxylation is 1. The molecule has 1 unspecified atom stereocenters. The summed E-state index contributed by atoms with van der Waals surface area (Å²) in [6, 6.07) is 2.85. The lowest BCUT2D eigenvalue weighted by Crippen LogP contribution is -2.38. The minimum atomic E-state index is -4.37. The maximum Gasteiger partial charge on any atom is 0.410 e. The van der Waals surface area contributed by atoms with E-state index in [1.54, 1.807) is 30.0 Å². The predicted octanol–water partition coefficient (Wildman–Crippen LogP) is 3.87. The fraction of sp³-hybridized carbons (Fsp3) is 0.526. The van der Waals surface area contributed by atoms with Crippen LogP contribution in [0.25, 0.3) is 0 Å². The minimum Gasteiger partial charge on any atom is -0.368 e. The molecule has 0 aliphatic carbocycles. The molecule has 2 aliphatic rings. The number of carbonyl (C=O) groups excluding carboxylic acids is 1. The molecule has 2 aromatic heterocycles. The maximum absolute atomic E-state index is 13.5. The van der Waals surface area contributed by atoms with Gasteiger partial charge < -0.3 is 10.2 Å². The first-order valence-electron chi connectivity index (χ1n) is 9.40. The van der Waals surface area contributed by atoms with Gasteiger partial charge in [0.05, 0.1) is 17.3 Å². The van der Waals surface area contributed by atoms with Gasteiger partial charge in [0.2, 0.25) is 0 Å². The van der Waals surface area contributed by atoms with Gasteiger partial charge in [-0.2, -0.15) is 18.3 Å². The number of nitrogens with one attached hydrogen (secondary N) is 1. The molecule has 1 saturated heterocycles. The molecule has 150 valence electrons. The van der Waals surface area contributed by atoms with Gasteiger partial charge >= 0.3 is 6.18 Å². The van der Waals surface area contributed by atoms with Crippen molar-refractivity contribution in [1.82, 2.24) is 19.7 Å². The van der Waals surface area contributed by atoms with E-state index in [9.17, 15) is 18.0 Å². The predicted molar refractivity (Wildman–Crippen MR) is 97.0 cm³/mol. The van der Waals surface area contributed by atoms with Gasteiger partial charge in [-0.25, -0.2) is 4.68 Å². The third kappa shape index (κ3) is 3.33. The molecule has 0 bridgehead atoms. The first-order valence-corrected chi connectivity index (χ1v) is 9.40. The van der Waals surface area contributed by atoms with E-state index in [1.807, 2.05) is 6.92 Å². The average molecular weight is 393 g/mol. The molecule has 4 heterocycles. The maximum atomic E-state index is 13.5. The van der Waals surface area contributed by atoms with Crippen LogP contribution in [0.4, 0.5) is 19.0 Å². The minimum absolute atomic E-state index is 0.0695. The van der Waals surface area contributed by atoms with Crippen molar-refractivity contribution in [3.63, 3.8) is 0 Å². The summed E-state index contributed by atoms with van der Waals surface area (Å²) >= 11 is 0. The Morgan fingerprint density at radius 1 is 1.32 bits per heavy atom. The van der Waals surface area contributed by atoms with Gasteiger partial charge in [-0.3, -0.25) is 9.78 Å². The van der Waals surface area contributed by atoms with Crippen LogP contribution >= 0.6 is 0 Å². The molecule has 9 heteroatoms. The molecule has 3 atom stereocenters. The standard InChI is InChI=1S/C19H22F3N5O/c1-11-5-6-13(10-23-11)18(28)26-7-3-4-15(26)14-9-17-24-12(2)8-16(19(20,21)22)27(17)25-14/h5-6,9-10,12,15-16,24H,3-4,7-8H2,1-2H3/t12-,15?,16-/m1/s1. The lowest BCUT2D eigenvalue weighted by molar-refractivity contribution is -0.173. The topological polar surface area (TPSA) is 63.1 Å². The normalized spacial score (nSPS) is 24.8. The number of halogens is 3. The van der Waals surface area contributed by atoms with Crippen molar-refractivity contribution in [2.75, 3.05) is 11.9 Å². The Labute approximate surface area is 160 Å². The zero-order valence-corrected chi connectivity index (χ0v) is 15.7. The molecule has 4 rings (SSSR count). The first kappa shape index (κ1) is 18.8. The molecule has 28 heavy (non-hydrogen) atoms. The summed E-state index contributed by atoms with van der Waals surface area (Å²) in [6.07, 6.45) is -1.45. The van der Waals surface area contributed by atoms with E-state index in [2.05, 4.69) is 15.4 Å². The molecule has 2 aromatic rings. The fourth-order valence-corrected chi connectivity index (χ4v) is 4.02. The largest absolute Gasteiger partial charge is 0.410 e. The zero-order chi connectivity index (χ0) is 20.1. The smallest absolute Gasteiger partial charge is 0.368 e. The van der Waals surface area contributed by atoms with Crippen molar-refractivity contribution in [3.05, 3.63) is 41.3 Å². The quantitative estimate of drug-likeness (QED) is 0.841. The molecular weight excluding hydrogens is 371 g/mol. The van der Waals surface area contributed by atoms with E-state index in [1.165, 1.54) is 6.20 Å². The molecule has 0 aromatic carbocycles. The van der Waals surface area contributed by atoms with Gasteiger partial charge in [0, 0.05) is 30.5 Å². The second-order valence-electron chi connectivity index (χ2n) is 7.58. The van der Waals surface area contributed by atoms with Crippen LogP contribution < -0.4 is 5.32 Å². The second kappa shape index (κ2) is 6.79. The van der Waals surface area contributed by atoms with Gasteiger partial charge in [-0.1, -0.05) is 0 Å².